The van der Waals surface area contributed by atoms with Crippen LogP contribution < -0.4 is 5.73 Å². The molecule has 9 nitrogen and oxygen atoms in total. The third-order valence-electron chi connectivity index (χ3n) is 6.60. The van der Waals surface area contributed by atoms with Gasteiger partial charge in [-0.3, -0.25) is 9.78 Å². The van der Waals surface area contributed by atoms with Crippen molar-refractivity contribution in [1.29, 1.82) is 0 Å². The lowest BCUT2D eigenvalue weighted by atomic mass is 10.00. The first kappa shape index (κ1) is 48.2. The first-order valence-corrected chi connectivity index (χ1v) is 18.9. The molecule has 0 atom stereocenters. The van der Waals surface area contributed by atoms with Crippen LogP contribution >= 0.6 is 47.8 Å². The number of ether oxygens (including phenoxy) is 1. The maximum absolute atomic E-state index is 12.3. The Bertz CT molecular complexity index is 2130. The van der Waals surface area contributed by atoms with Crippen molar-refractivity contribution in [2.24, 2.45) is 5.73 Å². The summed E-state index contributed by atoms with van der Waals surface area (Å²) >= 11 is 9.05. The largest absolute Gasteiger partial charge is 0.478 e. The number of hydrogen-bond donors (Lipinski definition) is 2. The van der Waals surface area contributed by atoms with E-state index < -0.39 is 51.2 Å². The number of halogens is 9. The number of methoxy groups -OCH3 is 1. The number of fused-ring (bicyclic) bond motifs is 1. The molecular formula is C35H33Br3F6N2O7S. The van der Waals surface area contributed by atoms with Gasteiger partial charge in [-0.2, -0.15) is 26.3 Å². The number of aromatic nitrogens is 1. The molecule has 19 heteroatoms. The van der Waals surface area contributed by atoms with Crippen molar-refractivity contribution in [2.75, 3.05) is 12.9 Å². The molecule has 5 rings (SSSR count). The molecule has 0 aliphatic carbocycles. The van der Waals surface area contributed by atoms with Gasteiger partial charge in [-0.1, -0.05) is 81.8 Å². The summed E-state index contributed by atoms with van der Waals surface area (Å²) < 4.78 is 105. The van der Waals surface area contributed by atoms with Crippen molar-refractivity contribution in [3.8, 4) is 0 Å². The highest BCUT2D eigenvalue weighted by molar-refractivity contribution is 9.10. The monoisotopic (exact) mass is 976 g/mol. The van der Waals surface area contributed by atoms with Gasteiger partial charge in [-0.05, 0) is 75.1 Å². The van der Waals surface area contributed by atoms with Crippen molar-refractivity contribution in [3.05, 3.63) is 128 Å². The average molecular weight is 979 g/mol. The summed E-state index contributed by atoms with van der Waals surface area (Å²) in [6.07, 6.45) is -6.07. The topological polar surface area (TPSA) is 150 Å². The number of aryl methyl sites for hydroxylation is 1. The van der Waals surface area contributed by atoms with Crippen molar-refractivity contribution in [3.63, 3.8) is 0 Å². The number of esters is 1. The number of carboxylic acid groups (broad SMARTS) is 1. The van der Waals surface area contributed by atoms with E-state index in [0.29, 0.717) is 19.8 Å². The quantitative estimate of drug-likeness (QED) is 0.0963. The van der Waals surface area contributed by atoms with E-state index in [-0.39, 0.29) is 30.2 Å². The summed E-state index contributed by atoms with van der Waals surface area (Å²) in [5, 5.41) is 11.1. The molecule has 0 unspecified atom stereocenters. The van der Waals surface area contributed by atoms with Crippen molar-refractivity contribution < 1.29 is 58.6 Å². The molecule has 0 bridgehead atoms. The molecule has 0 spiro atoms. The predicted molar refractivity (Wildman–Crippen MR) is 202 cm³/mol. The van der Waals surface area contributed by atoms with Crippen LogP contribution in [-0.2, 0) is 43.6 Å². The van der Waals surface area contributed by atoms with Crippen LogP contribution in [0, 0.1) is 6.92 Å². The smallest absolute Gasteiger partial charge is 0.449 e. The van der Waals surface area contributed by atoms with Gasteiger partial charge in [0.2, 0.25) is 5.76 Å². The van der Waals surface area contributed by atoms with Gasteiger partial charge in [0.25, 0.3) is 0 Å². The first-order chi connectivity index (χ1) is 24.6. The summed E-state index contributed by atoms with van der Waals surface area (Å²) in [5.41, 5.74) is 5.82. The maximum atomic E-state index is 12.3. The molecule has 0 aliphatic heterocycles. The van der Waals surface area contributed by atoms with Crippen LogP contribution in [0.2, 0.25) is 0 Å². The molecule has 3 aromatic carbocycles. The molecule has 0 fully saturated rings. The number of carboxylic acids is 1. The Balaban J connectivity index is 0.000000360. The Morgan fingerprint density at radius 2 is 1.56 bits per heavy atom. The van der Waals surface area contributed by atoms with Crippen LogP contribution in [0.3, 0.4) is 0 Å². The molecule has 0 saturated heterocycles. The Kier molecular flexibility index (Phi) is 19.1. The number of benzene rings is 3. The summed E-state index contributed by atoms with van der Waals surface area (Å²) in [6, 6.07) is 18.8. The van der Waals surface area contributed by atoms with E-state index in [1.54, 1.807) is 0 Å². The molecule has 5 aromatic rings. The fourth-order valence-corrected chi connectivity index (χ4v) is 6.42. The molecule has 0 amide bonds. The summed E-state index contributed by atoms with van der Waals surface area (Å²) in [7, 11) is -2.53. The fraction of sp³-hybridized carbons (Fsp3) is 0.229. The summed E-state index contributed by atoms with van der Waals surface area (Å²) in [4.78, 5) is 25.6. The van der Waals surface area contributed by atoms with Crippen molar-refractivity contribution in [2.45, 2.75) is 43.5 Å². The van der Waals surface area contributed by atoms with Gasteiger partial charge in [0.1, 0.15) is 5.76 Å². The molecule has 2 aromatic heterocycles. The van der Waals surface area contributed by atoms with Crippen LogP contribution in [0.25, 0.3) is 10.8 Å². The maximum Gasteiger partial charge on any atom is 0.449 e. The zero-order valence-electron chi connectivity index (χ0n) is 27.4. The normalized spacial score (nSPS) is 11.0. The van der Waals surface area contributed by atoms with Gasteiger partial charge in [0, 0.05) is 27.9 Å². The van der Waals surface area contributed by atoms with Gasteiger partial charge >= 0.3 is 24.3 Å². The molecule has 0 radical (unpaired) electrons. The zero-order chi connectivity index (χ0) is 40.1. The number of carbonyl (C=O) groups is 2. The Hall–Kier alpha value is -3.78. The van der Waals surface area contributed by atoms with Gasteiger partial charge in [0.15, 0.2) is 15.6 Å². The lowest BCUT2D eigenvalue weighted by molar-refractivity contribution is -0.153. The van der Waals surface area contributed by atoms with Crippen LogP contribution in [0.15, 0.2) is 103 Å². The predicted octanol–water partition coefficient (Wildman–Crippen LogP) is 10.4. The Labute approximate surface area is 332 Å². The molecule has 2 heterocycles. The first-order valence-electron chi connectivity index (χ1n) is 14.5. The number of sulfone groups is 1. The number of pyridine rings is 1. The molecule has 0 saturated carbocycles. The number of rotatable bonds is 6. The van der Waals surface area contributed by atoms with Crippen molar-refractivity contribution in [1.82, 2.24) is 4.98 Å². The van der Waals surface area contributed by atoms with Crippen LogP contribution in [0.5, 0.6) is 0 Å². The number of alkyl halides is 7. The van der Waals surface area contributed by atoms with E-state index in [0.717, 1.165) is 35.6 Å². The third kappa shape index (κ3) is 14.8. The van der Waals surface area contributed by atoms with E-state index in [9.17, 15) is 44.3 Å². The fourth-order valence-electron chi connectivity index (χ4n) is 4.12. The highest BCUT2D eigenvalue weighted by Crippen LogP contribution is 2.34. The number of nitrogens with two attached hydrogens (primary N) is 1. The minimum atomic E-state index is -4.37. The van der Waals surface area contributed by atoms with Gasteiger partial charge < -0.3 is 20.0 Å². The van der Waals surface area contributed by atoms with E-state index in [2.05, 4.69) is 61.9 Å². The van der Waals surface area contributed by atoms with Gasteiger partial charge in [-0.15, -0.1) is 0 Å². The minimum Gasteiger partial charge on any atom is -0.478 e. The minimum absolute atomic E-state index is 0. The summed E-state index contributed by atoms with van der Waals surface area (Å²) in [5.74, 6) is -3.01. The SMILES string of the molecule is C.COC(=O)CS(=O)(=O)c1cncc(Br)c1.Cc1ccc2ccccc2c1C(=O)O.FC(F)(F)c1ccc(CBr)o1.NCc1ccc(Br)cc1C(F)(F)F. The lowest BCUT2D eigenvalue weighted by Gasteiger charge is -2.11. The van der Waals surface area contributed by atoms with E-state index in [1.165, 1.54) is 36.7 Å². The van der Waals surface area contributed by atoms with E-state index in [1.807, 2.05) is 43.3 Å². The second-order valence-electron chi connectivity index (χ2n) is 10.4. The Morgan fingerprint density at radius 3 is 2.06 bits per heavy atom. The highest BCUT2D eigenvalue weighted by Gasteiger charge is 2.34. The number of aromatic carboxylic acids is 1. The second-order valence-corrected chi connectivity index (χ2v) is 14.7. The molecule has 54 heavy (non-hydrogen) atoms. The standard InChI is InChI=1S/C12H10O2.C8H7BrF3N.C8H8BrNO4S.C6H4BrF3O.CH4/c1-8-6-7-9-4-2-3-5-10(9)11(8)12(13)14;9-6-2-1-5(4-13)7(3-6)8(10,11)12;1-14-8(11)5-15(12,13)7-2-6(9)3-10-4-7;7-3-4-1-2-5(11-4)6(8,9)10;/h2-7H,1H3,(H,13,14);1-3H,4,13H2;2-4H,5H2,1H3;1-2H,3H2;1H4. The van der Waals surface area contributed by atoms with Crippen LogP contribution in [0.1, 0.15) is 46.0 Å². The van der Waals surface area contributed by atoms with E-state index >= 15 is 0 Å². The summed E-state index contributed by atoms with van der Waals surface area (Å²) in [6.45, 7) is 1.71. The lowest BCUT2D eigenvalue weighted by Crippen LogP contribution is -2.17. The zero-order valence-corrected chi connectivity index (χ0v) is 33.0. The highest BCUT2D eigenvalue weighted by atomic mass is 79.9. The van der Waals surface area contributed by atoms with Gasteiger partial charge in [-0.25, -0.2) is 13.2 Å². The second kappa shape index (κ2) is 21.3. The number of furan rings is 1. The van der Waals surface area contributed by atoms with E-state index in [4.69, 9.17) is 10.8 Å². The molecule has 294 valence electrons. The third-order valence-corrected chi connectivity index (χ3v) is 9.63. The van der Waals surface area contributed by atoms with Crippen LogP contribution in [-0.4, -0.2) is 43.3 Å². The van der Waals surface area contributed by atoms with Gasteiger partial charge in [0.05, 0.1) is 28.5 Å². The molecule has 0 aliphatic rings. The average Bonchev–Trinajstić information content (AvgIpc) is 3.59. The Morgan fingerprint density at radius 1 is 0.907 bits per heavy atom. The number of nitrogens with zero attached hydrogens (tertiary/aromatic N) is 1. The number of hydrogen-bond acceptors (Lipinski definition) is 8. The molecular weight excluding hydrogens is 946 g/mol. The molecule has 3 N–H and O–H groups in total. The van der Waals surface area contributed by atoms with Crippen molar-refractivity contribution >= 4 is 80.3 Å². The number of carbonyl (C=O) groups excluding carboxylic acids is 1. The van der Waals surface area contributed by atoms with Crippen LogP contribution in [0.4, 0.5) is 26.3 Å².